The van der Waals surface area contributed by atoms with Gasteiger partial charge in [0.05, 0.1) is 20.1 Å². The Morgan fingerprint density at radius 2 is 1.62 bits per heavy atom. The van der Waals surface area contributed by atoms with E-state index in [2.05, 4.69) is 4.98 Å². The first-order chi connectivity index (χ1) is 19.2. The molecule has 0 saturated heterocycles. The molecule has 40 heavy (non-hydrogen) atoms. The number of benzene rings is 2. The minimum atomic E-state index is -0.813. The monoisotopic (exact) mass is 551 g/mol. The molecule has 0 radical (unpaired) electrons. The molecule has 0 unspecified atom stereocenters. The summed E-state index contributed by atoms with van der Waals surface area (Å²) < 4.78 is 32.9. The molecule has 0 saturated carbocycles. The number of rotatable bonds is 14. The van der Waals surface area contributed by atoms with E-state index < -0.39 is 42.6 Å². The molecule has 0 fully saturated rings. The van der Waals surface area contributed by atoms with Crippen molar-refractivity contribution in [3.8, 4) is 23.0 Å². The third kappa shape index (κ3) is 8.20. The first-order valence-corrected chi connectivity index (χ1v) is 12.6. The van der Waals surface area contributed by atoms with Gasteiger partial charge in [-0.3, -0.25) is 14.4 Å². The van der Waals surface area contributed by atoms with Gasteiger partial charge in [-0.25, -0.2) is 4.98 Å². The zero-order valence-corrected chi connectivity index (χ0v) is 23.1. The quantitative estimate of drug-likeness (QED) is 0.154. The van der Waals surface area contributed by atoms with E-state index in [1.807, 2.05) is 54.6 Å². The lowest BCUT2D eigenvalue weighted by molar-refractivity contribution is -0.157. The third-order valence-electron chi connectivity index (χ3n) is 5.87. The highest BCUT2D eigenvalue weighted by molar-refractivity contribution is 5.99. The van der Waals surface area contributed by atoms with Crippen LogP contribution in [0.15, 0.2) is 66.9 Å². The van der Waals surface area contributed by atoms with Gasteiger partial charge in [0.25, 0.3) is 0 Å². The summed E-state index contributed by atoms with van der Waals surface area (Å²) in [5.41, 5.74) is 0.697. The van der Waals surface area contributed by atoms with Crippen molar-refractivity contribution in [2.75, 3.05) is 21.0 Å². The maximum atomic E-state index is 13.1. The summed E-state index contributed by atoms with van der Waals surface area (Å²) in [5, 5.41) is 0. The van der Waals surface area contributed by atoms with Crippen LogP contribution in [0.1, 0.15) is 49.3 Å². The lowest BCUT2D eigenvalue weighted by Gasteiger charge is -2.27. The number of Topliss-reactive ketones (excluding diaryl/α,β-unsaturated/α-hetero) is 1. The number of nitrogens with zero attached hydrogens (tertiary/aromatic N) is 1. The molecule has 0 spiro atoms. The molecule has 0 amide bonds. The SMILES string of the molecule is COc1cccc([C@@H](Oc2ccccc2)[C@H](C)OC(=O)[C@H](C)CC(=O)c2nccc(OC)c2OCOC(C)=O)c1. The van der Waals surface area contributed by atoms with Crippen LogP contribution in [-0.4, -0.2) is 49.8 Å². The molecule has 10 heteroatoms. The minimum absolute atomic E-state index is 0.0135. The van der Waals surface area contributed by atoms with E-state index in [9.17, 15) is 14.4 Å². The van der Waals surface area contributed by atoms with Crippen LogP contribution < -0.4 is 18.9 Å². The summed E-state index contributed by atoms with van der Waals surface area (Å²) in [4.78, 5) is 41.5. The standard InChI is InChI=1S/C30H33NO9/c1-19(16-25(33)27-29(38-18-37-21(3)32)26(36-5)14-15-31-27)30(34)39-20(2)28(40-23-11-7-6-8-12-23)22-10-9-13-24(17-22)35-4/h6-15,17,19-20,28H,16,18H2,1-5H3/t19-,20+,28+/m1/s1. The van der Waals surface area contributed by atoms with E-state index in [4.69, 9.17) is 28.4 Å². The highest BCUT2D eigenvalue weighted by atomic mass is 16.7. The lowest BCUT2D eigenvalue weighted by Crippen LogP contribution is -2.30. The molecule has 0 aliphatic heterocycles. The van der Waals surface area contributed by atoms with Crippen molar-refractivity contribution < 1.29 is 42.8 Å². The number of hydrogen-bond acceptors (Lipinski definition) is 10. The Balaban J connectivity index is 1.74. The van der Waals surface area contributed by atoms with Gasteiger partial charge in [0.15, 0.2) is 29.1 Å². The number of carbonyl (C=O) groups is 3. The molecule has 0 aliphatic rings. The van der Waals surface area contributed by atoms with Crippen molar-refractivity contribution in [2.24, 2.45) is 5.92 Å². The molecule has 10 nitrogen and oxygen atoms in total. The molecule has 0 aliphatic carbocycles. The molecule has 0 bridgehead atoms. The van der Waals surface area contributed by atoms with Crippen LogP contribution in [0.2, 0.25) is 0 Å². The minimum Gasteiger partial charge on any atom is -0.497 e. The van der Waals surface area contributed by atoms with E-state index in [-0.39, 0.29) is 23.6 Å². The fourth-order valence-electron chi connectivity index (χ4n) is 3.82. The lowest BCUT2D eigenvalue weighted by atomic mass is 10.0. The Morgan fingerprint density at radius 1 is 0.900 bits per heavy atom. The van der Waals surface area contributed by atoms with E-state index in [0.717, 1.165) is 5.56 Å². The molecule has 212 valence electrons. The number of carbonyl (C=O) groups excluding carboxylic acids is 3. The van der Waals surface area contributed by atoms with Crippen molar-refractivity contribution >= 4 is 17.7 Å². The van der Waals surface area contributed by atoms with Crippen molar-refractivity contribution in [3.05, 3.63) is 78.1 Å². The zero-order valence-electron chi connectivity index (χ0n) is 23.1. The second-order valence-electron chi connectivity index (χ2n) is 8.89. The Bertz CT molecular complexity index is 1300. The first kappa shape index (κ1) is 29.9. The van der Waals surface area contributed by atoms with Gasteiger partial charge in [-0.2, -0.15) is 0 Å². The molecular weight excluding hydrogens is 518 g/mol. The number of ether oxygens (including phenoxy) is 6. The average Bonchev–Trinajstić information content (AvgIpc) is 2.96. The number of esters is 2. The number of methoxy groups -OCH3 is 2. The molecular formula is C30H33NO9. The molecule has 1 aromatic heterocycles. The van der Waals surface area contributed by atoms with Gasteiger partial charge in [-0.1, -0.05) is 37.3 Å². The average molecular weight is 552 g/mol. The van der Waals surface area contributed by atoms with Crippen molar-refractivity contribution in [2.45, 2.75) is 39.4 Å². The summed E-state index contributed by atoms with van der Waals surface area (Å²) in [6, 6.07) is 18.0. The van der Waals surface area contributed by atoms with E-state index in [1.54, 1.807) is 21.0 Å². The van der Waals surface area contributed by atoms with Gasteiger partial charge in [0, 0.05) is 25.6 Å². The second-order valence-corrected chi connectivity index (χ2v) is 8.89. The highest BCUT2D eigenvalue weighted by Crippen LogP contribution is 2.32. The van der Waals surface area contributed by atoms with Crippen LogP contribution in [0.3, 0.4) is 0 Å². The number of aromatic nitrogens is 1. The predicted molar refractivity (Wildman–Crippen MR) is 145 cm³/mol. The predicted octanol–water partition coefficient (Wildman–Crippen LogP) is 4.96. The summed E-state index contributed by atoms with van der Waals surface area (Å²) in [5.74, 6) is -0.944. The van der Waals surface area contributed by atoms with Gasteiger partial charge in [-0.15, -0.1) is 0 Å². The molecule has 1 heterocycles. The van der Waals surface area contributed by atoms with Gasteiger partial charge in [0.2, 0.25) is 6.79 Å². The van der Waals surface area contributed by atoms with Crippen molar-refractivity contribution in [1.82, 2.24) is 4.98 Å². The summed E-state index contributed by atoms with van der Waals surface area (Å²) in [6.45, 7) is 4.11. The van der Waals surface area contributed by atoms with Gasteiger partial charge in [-0.05, 0) is 36.8 Å². The van der Waals surface area contributed by atoms with Crippen LogP contribution in [0, 0.1) is 5.92 Å². The Morgan fingerprint density at radius 3 is 2.30 bits per heavy atom. The largest absolute Gasteiger partial charge is 0.497 e. The summed E-state index contributed by atoms with van der Waals surface area (Å²) >= 11 is 0. The number of ketones is 1. The Hall–Kier alpha value is -4.60. The summed E-state index contributed by atoms with van der Waals surface area (Å²) in [6.07, 6.45) is -0.185. The Kier molecular flexibility index (Phi) is 10.9. The van der Waals surface area contributed by atoms with E-state index >= 15 is 0 Å². The van der Waals surface area contributed by atoms with Crippen LogP contribution in [0.5, 0.6) is 23.0 Å². The maximum Gasteiger partial charge on any atom is 0.309 e. The van der Waals surface area contributed by atoms with Crippen molar-refractivity contribution in [1.29, 1.82) is 0 Å². The summed E-state index contributed by atoms with van der Waals surface area (Å²) in [7, 11) is 2.97. The molecule has 3 atom stereocenters. The fourth-order valence-corrected chi connectivity index (χ4v) is 3.82. The molecule has 3 rings (SSSR count). The van der Waals surface area contributed by atoms with E-state index in [1.165, 1.54) is 26.3 Å². The van der Waals surface area contributed by atoms with Crippen LogP contribution in [0.4, 0.5) is 0 Å². The molecule has 0 N–H and O–H groups in total. The number of para-hydroxylation sites is 1. The maximum absolute atomic E-state index is 13.1. The van der Waals surface area contributed by atoms with Gasteiger partial charge < -0.3 is 28.4 Å². The van der Waals surface area contributed by atoms with Crippen LogP contribution >= 0.6 is 0 Å². The van der Waals surface area contributed by atoms with Crippen LogP contribution in [0.25, 0.3) is 0 Å². The molecule has 3 aromatic rings. The number of pyridine rings is 1. The Labute approximate surface area is 233 Å². The van der Waals surface area contributed by atoms with Gasteiger partial charge >= 0.3 is 11.9 Å². The second kappa shape index (κ2) is 14.5. The zero-order chi connectivity index (χ0) is 29.1. The normalized spacial score (nSPS) is 12.8. The van der Waals surface area contributed by atoms with Gasteiger partial charge in [0.1, 0.15) is 17.6 Å². The smallest absolute Gasteiger partial charge is 0.309 e. The topological polar surface area (TPSA) is 119 Å². The molecule has 2 aromatic carbocycles. The van der Waals surface area contributed by atoms with Crippen LogP contribution in [-0.2, 0) is 19.1 Å². The number of hydrogen-bond donors (Lipinski definition) is 0. The highest BCUT2D eigenvalue weighted by Gasteiger charge is 2.30. The third-order valence-corrected chi connectivity index (χ3v) is 5.87. The fraction of sp³-hybridized carbons (Fsp3) is 0.333. The van der Waals surface area contributed by atoms with Crippen molar-refractivity contribution in [3.63, 3.8) is 0 Å². The first-order valence-electron chi connectivity index (χ1n) is 12.6. The van der Waals surface area contributed by atoms with E-state index in [0.29, 0.717) is 11.5 Å².